The van der Waals surface area contributed by atoms with E-state index >= 15 is 0 Å². The van der Waals surface area contributed by atoms with Crippen LogP contribution in [-0.4, -0.2) is 11.4 Å². The van der Waals surface area contributed by atoms with Crippen LogP contribution < -0.4 is 0 Å². The molecule has 1 aromatic rings. The van der Waals surface area contributed by atoms with Gasteiger partial charge in [-0.3, -0.25) is 0 Å². The molecule has 0 fully saturated rings. The van der Waals surface area contributed by atoms with Gasteiger partial charge in [0.15, 0.2) is 0 Å². The number of benzene rings is 1. The molecule has 0 amide bonds. The van der Waals surface area contributed by atoms with Crippen molar-refractivity contribution in [2.75, 3.05) is 0 Å². The van der Waals surface area contributed by atoms with Crippen molar-refractivity contribution in [2.45, 2.75) is 0 Å². The monoisotopic (exact) mass is 225 g/mol. The minimum absolute atomic E-state index is 0. The Balaban J connectivity index is 0. The third kappa shape index (κ3) is 9.66. The van der Waals surface area contributed by atoms with Crippen molar-refractivity contribution in [3.8, 4) is 5.75 Å². The fraction of sp³-hybridized carbons (Fsp3) is 0. The van der Waals surface area contributed by atoms with Gasteiger partial charge in [-0.1, -0.05) is 0 Å². The SMILES string of the molecule is Oc1c[c-]ccc1.[CH2-]C=O.[Y]. The molecule has 1 N–H and O–H groups in total. The summed E-state index contributed by atoms with van der Waals surface area (Å²) in [4.78, 5) is 8.69. The van der Waals surface area contributed by atoms with E-state index in [2.05, 4.69) is 13.0 Å². The minimum Gasteiger partial charge on any atom is -0.566 e. The first-order valence-electron chi connectivity index (χ1n) is 2.69. The number of phenols is 1. The molecule has 0 aliphatic carbocycles. The summed E-state index contributed by atoms with van der Waals surface area (Å²) in [5, 5.41) is 8.60. The Hall–Kier alpha value is -0.336. The smallest absolute Gasteiger partial charge is 0.00321 e. The van der Waals surface area contributed by atoms with Crippen molar-refractivity contribution in [2.24, 2.45) is 0 Å². The van der Waals surface area contributed by atoms with E-state index in [0.717, 1.165) is 0 Å². The molecule has 0 bridgehead atoms. The first-order valence-corrected chi connectivity index (χ1v) is 2.69. The average Bonchev–Trinajstić information content (AvgIpc) is 1.91. The van der Waals surface area contributed by atoms with Crippen molar-refractivity contribution in [1.82, 2.24) is 0 Å². The van der Waals surface area contributed by atoms with Gasteiger partial charge in [0.25, 0.3) is 0 Å². The molecule has 0 aromatic heterocycles. The predicted molar refractivity (Wildman–Crippen MR) is 38.4 cm³/mol. The number of phenolic OH excluding ortho intramolecular Hbond substituents is 1. The Kier molecular flexibility index (Phi) is 11.7. The molecular weight excluding hydrogens is 217 g/mol. The Morgan fingerprint density at radius 1 is 1.64 bits per heavy atom. The number of hydrogen-bond acceptors (Lipinski definition) is 2. The second-order valence-corrected chi connectivity index (χ2v) is 1.43. The number of carbonyl (C=O) groups is 1. The summed E-state index contributed by atoms with van der Waals surface area (Å²) in [7, 11) is 0. The second kappa shape index (κ2) is 9.66. The molecule has 0 aliphatic heterocycles. The molecule has 0 atom stereocenters. The fourth-order valence-corrected chi connectivity index (χ4v) is 0.384. The molecule has 1 aromatic carbocycles. The van der Waals surface area contributed by atoms with Crippen LogP contribution in [0.25, 0.3) is 0 Å². The number of aldehydes is 1. The molecule has 1 radical (unpaired) electrons. The predicted octanol–water partition coefficient (Wildman–Crippen LogP) is 1.21. The maximum Gasteiger partial charge on any atom is 0.00321 e. The van der Waals surface area contributed by atoms with Crippen LogP contribution in [0, 0.1) is 13.0 Å². The maximum atomic E-state index is 8.69. The molecular formula is C8H8O2Y-2. The van der Waals surface area contributed by atoms with Gasteiger partial charge in [0, 0.05) is 38.5 Å². The van der Waals surface area contributed by atoms with Gasteiger partial charge in [-0.15, -0.1) is 12.1 Å². The van der Waals surface area contributed by atoms with Crippen LogP contribution in [0.1, 0.15) is 0 Å². The number of aromatic hydroxyl groups is 1. The third-order valence-electron chi connectivity index (χ3n) is 0.691. The summed E-state index contributed by atoms with van der Waals surface area (Å²) >= 11 is 0. The summed E-state index contributed by atoms with van der Waals surface area (Å²) in [5.41, 5.74) is 0. The Labute approximate surface area is 91.5 Å². The van der Waals surface area contributed by atoms with Gasteiger partial charge in [-0.25, -0.2) is 0 Å². The van der Waals surface area contributed by atoms with Crippen molar-refractivity contribution >= 4 is 6.29 Å². The molecule has 0 saturated carbocycles. The summed E-state index contributed by atoms with van der Waals surface area (Å²) < 4.78 is 0. The summed E-state index contributed by atoms with van der Waals surface area (Å²) in [6.07, 6.45) is 0.500. The quantitative estimate of drug-likeness (QED) is 0.532. The zero-order chi connectivity index (χ0) is 7.82. The average molecular weight is 225 g/mol. The Morgan fingerprint density at radius 2 is 2.18 bits per heavy atom. The summed E-state index contributed by atoms with van der Waals surface area (Å²) in [6, 6.07) is 9.30. The van der Waals surface area contributed by atoms with E-state index in [1.807, 2.05) is 0 Å². The zero-order valence-corrected chi connectivity index (χ0v) is 8.86. The summed E-state index contributed by atoms with van der Waals surface area (Å²) in [6.45, 7) is 2.81. The van der Waals surface area contributed by atoms with Crippen LogP contribution in [0.15, 0.2) is 24.3 Å². The topological polar surface area (TPSA) is 37.3 Å². The van der Waals surface area contributed by atoms with Crippen LogP contribution >= 0.6 is 0 Å². The summed E-state index contributed by atoms with van der Waals surface area (Å²) in [5.74, 6) is 0.266. The van der Waals surface area contributed by atoms with E-state index < -0.39 is 0 Å². The van der Waals surface area contributed by atoms with E-state index in [4.69, 9.17) is 9.90 Å². The van der Waals surface area contributed by atoms with Gasteiger partial charge < -0.3 is 16.8 Å². The number of rotatable bonds is 0. The van der Waals surface area contributed by atoms with Crippen molar-refractivity contribution < 1.29 is 42.6 Å². The molecule has 0 heterocycles. The largest absolute Gasteiger partial charge is 0.566 e. The van der Waals surface area contributed by atoms with Gasteiger partial charge >= 0.3 is 0 Å². The Morgan fingerprint density at radius 3 is 2.36 bits per heavy atom. The maximum absolute atomic E-state index is 8.69. The van der Waals surface area contributed by atoms with Crippen LogP contribution in [0.5, 0.6) is 5.75 Å². The van der Waals surface area contributed by atoms with Gasteiger partial charge in [0.05, 0.1) is 0 Å². The molecule has 11 heavy (non-hydrogen) atoms. The molecule has 0 unspecified atom stereocenters. The minimum atomic E-state index is 0. The van der Waals surface area contributed by atoms with E-state index in [1.165, 1.54) is 6.07 Å². The zero-order valence-electron chi connectivity index (χ0n) is 6.03. The third-order valence-corrected chi connectivity index (χ3v) is 0.691. The molecule has 0 aliphatic rings. The van der Waals surface area contributed by atoms with E-state index in [9.17, 15) is 0 Å². The number of hydrogen-bond donors (Lipinski definition) is 1. The number of carbonyl (C=O) groups excluding carboxylic acids is 1. The van der Waals surface area contributed by atoms with Crippen molar-refractivity contribution in [3.63, 3.8) is 0 Å². The van der Waals surface area contributed by atoms with E-state index in [1.54, 1.807) is 18.2 Å². The molecule has 2 nitrogen and oxygen atoms in total. The van der Waals surface area contributed by atoms with Crippen molar-refractivity contribution in [1.29, 1.82) is 0 Å². The molecule has 1 rings (SSSR count). The van der Waals surface area contributed by atoms with Crippen LogP contribution in [-0.2, 0) is 37.5 Å². The second-order valence-electron chi connectivity index (χ2n) is 1.43. The van der Waals surface area contributed by atoms with E-state index in [-0.39, 0.29) is 38.5 Å². The molecule has 0 spiro atoms. The van der Waals surface area contributed by atoms with Crippen molar-refractivity contribution in [3.05, 3.63) is 37.3 Å². The first-order chi connectivity index (χ1) is 4.81. The van der Waals surface area contributed by atoms with Crippen LogP contribution in [0.4, 0.5) is 0 Å². The van der Waals surface area contributed by atoms with Gasteiger partial charge in [0.1, 0.15) is 0 Å². The Bertz CT molecular complexity index is 175. The normalized spacial score (nSPS) is 6.55. The van der Waals surface area contributed by atoms with Crippen LogP contribution in [0.2, 0.25) is 0 Å². The van der Waals surface area contributed by atoms with Crippen LogP contribution in [0.3, 0.4) is 0 Å². The van der Waals surface area contributed by atoms with Gasteiger partial charge in [-0.05, 0) is 6.29 Å². The van der Waals surface area contributed by atoms with E-state index in [0.29, 0.717) is 6.29 Å². The standard InChI is InChI=1S/C6H5O.C2H3O.Y/c7-6-4-2-1-3-5-6;1-2-3;/h1-2,4-5,7H;2H,1H2;/q2*-1;. The van der Waals surface area contributed by atoms with Gasteiger partial charge in [0.2, 0.25) is 0 Å². The fourth-order valence-electron chi connectivity index (χ4n) is 0.384. The van der Waals surface area contributed by atoms with Gasteiger partial charge in [-0.2, -0.15) is 18.2 Å². The molecule has 3 heteroatoms. The molecule has 57 valence electrons. The first kappa shape index (κ1) is 13.3. The molecule has 0 saturated heterocycles.